The molecule has 9 nitrogen and oxygen atoms in total. The van der Waals surface area contributed by atoms with Gasteiger partial charge in [-0.15, -0.1) is 0 Å². The first-order valence-electron chi connectivity index (χ1n) is 15.8. The Morgan fingerprint density at radius 3 is 1.91 bits per heavy atom. The van der Waals surface area contributed by atoms with Gasteiger partial charge in [-0.2, -0.15) is 0 Å². The minimum absolute atomic E-state index is 0.111. The van der Waals surface area contributed by atoms with Crippen LogP contribution in [0.1, 0.15) is 69.1 Å². The summed E-state index contributed by atoms with van der Waals surface area (Å²) in [6, 6.07) is 25.9. The average Bonchev–Trinajstić information content (AvgIpc) is 3.04. The molecule has 0 spiro atoms. The van der Waals surface area contributed by atoms with Crippen molar-refractivity contribution in [3.8, 4) is 0 Å². The van der Waals surface area contributed by atoms with E-state index in [2.05, 4.69) is 58.7 Å². The number of nitrogens with zero attached hydrogens (tertiary/aromatic N) is 2. The first kappa shape index (κ1) is 32.3. The Labute approximate surface area is 264 Å². The van der Waals surface area contributed by atoms with Gasteiger partial charge in [-0.25, -0.2) is 0 Å². The van der Waals surface area contributed by atoms with E-state index in [-0.39, 0.29) is 23.1 Å². The van der Waals surface area contributed by atoms with E-state index < -0.39 is 45.7 Å². The number of carbonyl (C=O) groups is 2. The van der Waals surface area contributed by atoms with Gasteiger partial charge in [0, 0.05) is 35.0 Å². The molecule has 0 bridgehead atoms. The van der Waals surface area contributed by atoms with E-state index in [0.717, 1.165) is 25.9 Å². The standard InChI is InChI=1S/C36H43N3O6/c1-25-34(3,32(40)41)31(29-17-10-11-18-30(29)39(44)45)36(33(42)43,26(2)37-25)19-12-22-38-23-20-35(21-24-38,27-13-6-4-7-14-27)28-15-8-5-9-16-28/h4-11,13-18,25-26,31,37H,12,19-24H2,1-3H3,(H,40,41)(H,42,43). The summed E-state index contributed by atoms with van der Waals surface area (Å²) in [6.45, 7) is 7.31. The third-order valence-corrected chi connectivity index (χ3v) is 11.0. The molecule has 2 saturated heterocycles. The van der Waals surface area contributed by atoms with Crippen LogP contribution in [0.15, 0.2) is 84.9 Å². The second-order valence-corrected chi connectivity index (χ2v) is 13.1. The summed E-state index contributed by atoms with van der Waals surface area (Å²) in [7, 11) is 0. The summed E-state index contributed by atoms with van der Waals surface area (Å²) in [6.07, 6.45) is 2.50. The van der Waals surface area contributed by atoms with Gasteiger partial charge in [0.05, 0.1) is 15.8 Å². The van der Waals surface area contributed by atoms with Crippen molar-refractivity contribution in [2.45, 2.75) is 69.9 Å². The predicted molar refractivity (Wildman–Crippen MR) is 172 cm³/mol. The van der Waals surface area contributed by atoms with Gasteiger partial charge in [0.2, 0.25) is 0 Å². The Morgan fingerprint density at radius 1 is 0.867 bits per heavy atom. The highest BCUT2D eigenvalue weighted by Crippen LogP contribution is 2.58. The quantitative estimate of drug-likeness (QED) is 0.185. The third-order valence-electron chi connectivity index (χ3n) is 11.0. The number of carboxylic acids is 2. The first-order chi connectivity index (χ1) is 21.5. The van der Waals surface area contributed by atoms with Crippen molar-refractivity contribution in [3.63, 3.8) is 0 Å². The van der Waals surface area contributed by atoms with E-state index in [1.165, 1.54) is 36.2 Å². The molecule has 0 aromatic heterocycles. The topological polar surface area (TPSA) is 133 Å². The Hall–Kier alpha value is -4.08. The molecule has 5 unspecified atom stereocenters. The molecule has 45 heavy (non-hydrogen) atoms. The summed E-state index contributed by atoms with van der Waals surface area (Å²) in [5, 5.41) is 37.0. The van der Waals surface area contributed by atoms with Gasteiger partial charge in [-0.3, -0.25) is 19.7 Å². The molecule has 5 atom stereocenters. The van der Waals surface area contributed by atoms with Crippen molar-refractivity contribution in [3.05, 3.63) is 112 Å². The molecular weight excluding hydrogens is 570 g/mol. The molecule has 2 fully saturated rings. The van der Waals surface area contributed by atoms with Crippen LogP contribution < -0.4 is 5.32 Å². The number of nitro groups is 1. The maximum atomic E-state index is 13.4. The van der Waals surface area contributed by atoms with Gasteiger partial charge >= 0.3 is 11.9 Å². The number of benzene rings is 3. The molecule has 0 saturated carbocycles. The van der Waals surface area contributed by atoms with Crippen molar-refractivity contribution in [2.75, 3.05) is 19.6 Å². The number of likely N-dealkylation sites (tertiary alicyclic amines) is 1. The lowest BCUT2D eigenvalue weighted by Crippen LogP contribution is -2.68. The Kier molecular flexibility index (Phi) is 9.14. The van der Waals surface area contributed by atoms with E-state index in [4.69, 9.17) is 0 Å². The summed E-state index contributed by atoms with van der Waals surface area (Å²) in [5.74, 6) is -3.47. The van der Waals surface area contributed by atoms with E-state index >= 15 is 0 Å². The van der Waals surface area contributed by atoms with E-state index in [1.54, 1.807) is 19.9 Å². The monoisotopic (exact) mass is 613 g/mol. The second kappa shape index (κ2) is 12.7. The van der Waals surface area contributed by atoms with Crippen molar-refractivity contribution in [1.29, 1.82) is 0 Å². The summed E-state index contributed by atoms with van der Waals surface area (Å²) in [4.78, 5) is 40.4. The molecular formula is C36H43N3O6. The van der Waals surface area contributed by atoms with Crippen LogP contribution in [0.2, 0.25) is 0 Å². The number of hydrogen-bond acceptors (Lipinski definition) is 6. The highest BCUT2D eigenvalue weighted by molar-refractivity contribution is 5.84. The number of nitrogens with one attached hydrogen (secondary N) is 1. The summed E-state index contributed by atoms with van der Waals surface area (Å²) in [5.41, 5.74) is -0.847. The van der Waals surface area contributed by atoms with Crippen molar-refractivity contribution >= 4 is 17.6 Å². The fraction of sp³-hybridized carbons (Fsp3) is 0.444. The van der Waals surface area contributed by atoms with Gasteiger partial charge in [-0.1, -0.05) is 78.9 Å². The average molecular weight is 614 g/mol. The number of aliphatic carboxylic acids is 2. The SMILES string of the molecule is CC1NC(C)C(CCCN2CCC(c3ccccc3)(c3ccccc3)CC2)(C(=O)O)C(c2ccccc2[N+](=O)[O-])C1(C)C(=O)O. The predicted octanol–water partition coefficient (Wildman–Crippen LogP) is 6.08. The van der Waals surface area contributed by atoms with Crippen LogP contribution in [0.25, 0.3) is 0 Å². The van der Waals surface area contributed by atoms with Crippen LogP contribution in [-0.2, 0) is 15.0 Å². The maximum Gasteiger partial charge on any atom is 0.311 e. The fourth-order valence-electron chi connectivity index (χ4n) is 8.33. The molecule has 0 amide bonds. The molecule has 2 heterocycles. The molecule has 0 aliphatic carbocycles. The van der Waals surface area contributed by atoms with E-state index in [0.29, 0.717) is 13.0 Å². The van der Waals surface area contributed by atoms with Gasteiger partial charge in [0.15, 0.2) is 0 Å². The minimum atomic E-state index is -1.62. The van der Waals surface area contributed by atoms with Crippen LogP contribution in [-0.4, -0.2) is 63.7 Å². The van der Waals surface area contributed by atoms with Gasteiger partial charge in [0.1, 0.15) is 0 Å². The third kappa shape index (κ3) is 5.53. The smallest absolute Gasteiger partial charge is 0.311 e. The van der Waals surface area contributed by atoms with Crippen LogP contribution >= 0.6 is 0 Å². The molecule has 2 aliphatic heterocycles. The fourth-order valence-corrected chi connectivity index (χ4v) is 8.33. The Morgan fingerprint density at radius 2 is 1.40 bits per heavy atom. The number of piperidine rings is 2. The lowest BCUT2D eigenvalue weighted by molar-refractivity contribution is -0.386. The highest BCUT2D eigenvalue weighted by Gasteiger charge is 2.65. The van der Waals surface area contributed by atoms with Gasteiger partial charge in [0.25, 0.3) is 5.69 Å². The van der Waals surface area contributed by atoms with Crippen molar-refractivity contribution in [2.24, 2.45) is 10.8 Å². The first-order valence-corrected chi connectivity index (χ1v) is 15.8. The molecule has 0 radical (unpaired) electrons. The van der Waals surface area contributed by atoms with Crippen LogP contribution in [0.5, 0.6) is 0 Å². The van der Waals surface area contributed by atoms with Crippen LogP contribution in [0.3, 0.4) is 0 Å². The lowest BCUT2D eigenvalue weighted by atomic mass is 9.51. The molecule has 3 aromatic carbocycles. The van der Waals surface area contributed by atoms with Gasteiger partial charge < -0.3 is 20.4 Å². The Balaban J connectivity index is 1.43. The summed E-state index contributed by atoms with van der Waals surface area (Å²) < 4.78 is 0. The minimum Gasteiger partial charge on any atom is -0.481 e. The molecule has 9 heteroatoms. The molecule has 238 valence electrons. The number of carboxylic acid groups (broad SMARTS) is 2. The van der Waals surface area contributed by atoms with Crippen LogP contribution in [0, 0.1) is 20.9 Å². The molecule has 3 aromatic rings. The largest absolute Gasteiger partial charge is 0.481 e. The van der Waals surface area contributed by atoms with Crippen molar-refractivity contribution in [1.82, 2.24) is 10.2 Å². The number of para-hydroxylation sites is 1. The maximum absolute atomic E-state index is 13.4. The van der Waals surface area contributed by atoms with Crippen LogP contribution in [0.4, 0.5) is 5.69 Å². The molecule has 3 N–H and O–H groups in total. The van der Waals surface area contributed by atoms with E-state index in [1.807, 2.05) is 12.1 Å². The highest BCUT2D eigenvalue weighted by atomic mass is 16.6. The number of hydrogen-bond donors (Lipinski definition) is 3. The zero-order chi connectivity index (χ0) is 32.4. The summed E-state index contributed by atoms with van der Waals surface area (Å²) >= 11 is 0. The van der Waals surface area contributed by atoms with Gasteiger partial charge in [-0.05, 0) is 77.2 Å². The number of rotatable bonds is 10. The Bertz CT molecular complexity index is 1480. The zero-order valence-electron chi connectivity index (χ0n) is 26.2. The number of nitro benzene ring substituents is 1. The normalized spacial score (nSPS) is 28.3. The van der Waals surface area contributed by atoms with Crippen molar-refractivity contribution < 1.29 is 24.7 Å². The zero-order valence-corrected chi connectivity index (χ0v) is 26.2. The van der Waals surface area contributed by atoms with E-state index in [9.17, 15) is 29.9 Å². The second-order valence-electron chi connectivity index (χ2n) is 13.1. The molecule has 5 rings (SSSR count). The lowest BCUT2D eigenvalue weighted by Gasteiger charge is -2.56. The molecule has 2 aliphatic rings.